The average molecular weight is 270 g/mol. The SMILES string of the molecule is Cc1ccc(C(C)Nc2ccc(Cl)c(Cl)c2)o1. The van der Waals surface area contributed by atoms with E-state index in [1.807, 2.05) is 32.0 Å². The van der Waals surface area contributed by atoms with Gasteiger partial charge in [0.1, 0.15) is 11.5 Å². The average Bonchev–Trinajstić information content (AvgIpc) is 2.70. The Morgan fingerprint density at radius 3 is 2.47 bits per heavy atom. The number of hydrogen-bond acceptors (Lipinski definition) is 2. The number of benzene rings is 1. The fourth-order valence-electron chi connectivity index (χ4n) is 1.59. The molecule has 1 unspecified atom stereocenters. The number of halogens is 2. The van der Waals surface area contributed by atoms with Crippen LogP contribution in [-0.4, -0.2) is 0 Å². The predicted molar refractivity (Wildman–Crippen MR) is 71.9 cm³/mol. The van der Waals surface area contributed by atoms with Gasteiger partial charge in [0, 0.05) is 5.69 Å². The molecule has 1 atom stereocenters. The van der Waals surface area contributed by atoms with Crippen LogP contribution in [0.5, 0.6) is 0 Å². The third-order valence-corrected chi connectivity index (χ3v) is 3.23. The smallest absolute Gasteiger partial charge is 0.126 e. The van der Waals surface area contributed by atoms with E-state index >= 15 is 0 Å². The number of hydrogen-bond donors (Lipinski definition) is 1. The lowest BCUT2D eigenvalue weighted by Gasteiger charge is -2.13. The second-order valence-corrected chi connectivity index (χ2v) is 4.76. The molecule has 0 saturated heterocycles. The summed E-state index contributed by atoms with van der Waals surface area (Å²) >= 11 is 11.8. The summed E-state index contributed by atoms with van der Waals surface area (Å²) in [6.07, 6.45) is 0. The second-order valence-electron chi connectivity index (χ2n) is 3.94. The topological polar surface area (TPSA) is 25.2 Å². The van der Waals surface area contributed by atoms with Gasteiger partial charge < -0.3 is 9.73 Å². The number of nitrogens with one attached hydrogen (secondary N) is 1. The van der Waals surface area contributed by atoms with E-state index in [-0.39, 0.29) is 6.04 Å². The highest BCUT2D eigenvalue weighted by Crippen LogP contribution is 2.27. The summed E-state index contributed by atoms with van der Waals surface area (Å²) in [5, 5.41) is 4.40. The van der Waals surface area contributed by atoms with Crippen LogP contribution in [0.3, 0.4) is 0 Å². The fraction of sp³-hybridized carbons (Fsp3) is 0.231. The molecular weight excluding hydrogens is 257 g/mol. The van der Waals surface area contributed by atoms with E-state index in [1.54, 1.807) is 12.1 Å². The molecule has 0 aliphatic rings. The minimum Gasteiger partial charge on any atom is -0.464 e. The Hall–Kier alpha value is -1.12. The molecular formula is C13H13Cl2NO. The summed E-state index contributed by atoms with van der Waals surface area (Å²) in [7, 11) is 0. The Morgan fingerprint density at radius 1 is 1.12 bits per heavy atom. The van der Waals surface area contributed by atoms with Crippen LogP contribution in [0, 0.1) is 6.92 Å². The van der Waals surface area contributed by atoms with Gasteiger partial charge >= 0.3 is 0 Å². The Kier molecular flexibility index (Phi) is 3.65. The lowest BCUT2D eigenvalue weighted by Crippen LogP contribution is -2.05. The molecule has 4 heteroatoms. The van der Waals surface area contributed by atoms with Crippen molar-refractivity contribution < 1.29 is 4.42 Å². The van der Waals surface area contributed by atoms with E-state index < -0.39 is 0 Å². The Morgan fingerprint density at radius 2 is 1.88 bits per heavy atom. The van der Waals surface area contributed by atoms with Crippen LogP contribution in [0.15, 0.2) is 34.7 Å². The van der Waals surface area contributed by atoms with E-state index in [2.05, 4.69) is 5.32 Å². The molecule has 2 aromatic rings. The highest BCUT2D eigenvalue weighted by molar-refractivity contribution is 6.42. The summed E-state index contributed by atoms with van der Waals surface area (Å²) in [6.45, 7) is 3.95. The van der Waals surface area contributed by atoms with Crippen LogP contribution in [0.4, 0.5) is 5.69 Å². The largest absolute Gasteiger partial charge is 0.464 e. The molecule has 17 heavy (non-hydrogen) atoms. The molecule has 0 radical (unpaired) electrons. The summed E-state index contributed by atoms with van der Waals surface area (Å²) in [4.78, 5) is 0. The fourth-order valence-corrected chi connectivity index (χ4v) is 1.89. The molecule has 1 aromatic heterocycles. The molecule has 1 heterocycles. The van der Waals surface area contributed by atoms with E-state index in [0.29, 0.717) is 10.0 Å². The zero-order valence-electron chi connectivity index (χ0n) is 9.63. The lowest BCUT2D eigenvalue weighted by atomic mass is 10.2. The van der Waals surface area contributed by atoms with Crippen LogP contribution in [0.1, 0.15) is 24.5 Å². The van der Waals surface area contributed by atoms with Gasteiger partial charge in [-0.15, -0.1) is 0 Å². The number of rotatable bonds is 3. The third kappa shape index (κ3) is 2.96. The quantitative estimate of drug-likeness (QED) is 0.842. The maximum absolute atomic E-state index is 5.95. The maximum Gasteiger partial charge on any atom is 0.126 e. The van der Waals surface area contributed by atoms with Gasteiger partial charge in [-0.3, -0.25) is 0 Å². The van der Waals surface area contributed by atoms with Crippen LogP contribution in [-0.2, 0) is 0 Å². The summed E-state index contributed by atoms with van der Waals surface area (Å²) in [6, 6.07) is 9.46. The maximum atomic E-state index is 5.95. The van der Waals surface area contributed by atoms with Crippen molar-refractivity contribution in [2.45, 2.75) is 19.9 Å². The van der Waals surface area contributed by atoms with E-state index in [4.69, 9.17) is 27.6 Å². The van der Waals surface area contributed by atoms with Crippen molar-refractivity contribution in [3.05, 3.63) is 51.9 Å². The zero-order valence-corrected chi connectivity index (χ0v) is 11.1. The number of furan rings is 1. The molecule has 2 nitrogen and oxygen atoms in total. The molecule has 1 aromatic carbocycles. The van der Waals surface area contributed by atoms with Crippen molar-refractivity contribution in [3.8, 4) is 0 Å². The monoisotopic (exact) mass is 269 g/mol. The van der Waals surface area contributed by atoms with Crippen LogP contribution >= 0.6 is 23.2 Å². The standard InChI is InChI=1S/C13H13Cl2NO/c1-8-3-6-13(17-8)9(2)16-10-4-5-11(14)12(15)7-10/h3-7,9,16H,1-2H3. The molecule has 0 amide bonds. The van der Waals surface area contributed by atoms with Crippen LogP contribution in [0.2, 0.25) is 10.0 Å². The Labute approximate surface area is 111 Å². The summed E-state index contributed by atoms with van der Waals surface area (Å²) < 4.78 is 5.55. The first-order valence-electron chi connectivity index (χ1n) is 5.34. The van der Waals surface area contributed by atoms with Crippen molar-refractivity contribution in [1.82, 2.24) is 0 Å². The molecule has 0 spiro atoms. The van der Waals surface area contributed by atoms with Gasteiger partial charge in [0.25, 0.3) is 0 Å². The minimum atomic E-state index is 0.0842. The molecule has 0 saturated carbocycles. The lowest BCUT2D eigenvalue weighted by molar-refractivity contribution is 0.467. The van der Waals surface area contributed by atoms with E-state index in [1.165, 1.54) is 0 Å². The van der Waals surface area contributed by atoms with Crippen molar-refractivity contribution in [1.29, 1.82) is 0 Å². The summed E-state index contributed by atoms with van der Waals surface area (Å²) in [5.74, 6) is 1.80. The zero-order chi connectivity index (χ0) is 12.4. The third-order valence-electron chi connectivity index (χ3n) is 2.49. The molecule has 0 fully saturated rings. The molecule has 2 rings (SSSR count). The van der Waals surface area contributed by atoms with Crippen LogP contribution in [0.25, 0.3) is 0 Å². The van der Waals surface area contributed by atoms with E-state index in [0.717, 1.165) is 17.2 Å². The highest BCUT2D eigenvalue weighted by atomic mass is 35.5. The highest BCUT2D eigenvalue weighted by Gasteiger charge is 2.09. The van der Waals surface area contributed by atoms with Crippen molar-refractivity contribution in [3.63, 3.8) is 0 Å². The first-order valence-corrected chi connectivity index (χ1v) is 6.10. The predicted octanol–water partition coefficient (Wildman–Crippen LogP) is 5.07. The second kappa shape index (κ2) is 5.03. The summed E-state index contributed by atoms with van der Waals surface area (Å²) in [5.41, 5.74) is 0.918. The van der Waals surface area contributed by atoms with Gasteiger partial charge in [0.05, 0.1) is 16.1 Å². The molecule has 90 valence electrons. The van der Waals surface area contributed by atoms with Gasteiger partial charge in [-0.05, 0) is 44.2 Å². The molecule has 1 N–H and O–H groups in total. The van der Waals surface area contributed by atoms with Gasteiger partial charge in [-0.1, -0.05) is 23.2 Å². The van der Waals surface area contributed by atoms with Gasteiger partial charge in [-0.2, -0.15) is 0 Å². The molecule has 0 aliphatic heterocycles. The first kappa shape index (κ1) is 12.3. The number of aryl methyl sites for hydroxylation is 1. The van der Waals surface area contributed by atoms with Crippen LogP contribution < -0.4 is 5.32 Å². The Bertz CT molecular complexity index is 522. The normalized spacial score (nSPS) is 12.5. The van der Waals surface area contributed by atoms with E-state index in [9.17, 15) is 0 Å². The first-order chi connectivity index (χ1) is 8.06. The van der Waals surface area contributed by atoms with Gasteiger partial charge in [0.15, 0.2) is 0 Å². The van der Waals surface area contributed by atoms with Gasteiger partial charge in [0.2, 0.25) is 0 Å². The van der Waals surface area contributed by atoms with Gasteiger partial charge in [-0.25, -0.2) is 0 Å². The van der Waals surface area contributed by atoms with Crippen molar-refractivity contribution in [2.24, 2.45) is 0 Å². The molecule has 0 bridgehead atoms. The Balaban J connectivity index is 2.12. The molecule has 0 aliphatic carbocycles. The number of anilines is 1. The minimum absolute atomic E-state index is 0.0842. The van der Waals surface area contributed by atoms with Crippen molar-refractivity contribution >= 4 is 28.9 Å². The van der Waals surface area contributed by atoms with Crippen molar-refractivity contribution in [2.75, 3.05) is 5.32 Å².